The predicted molar refractivity (Wildman–Crippen MR) is 139 cm³/mol. The molecule has 0 aromatic heterocycles. The van der Waals surface area contributed by atoms with Gasteiger partial charge >= 0.3 is 5.97 Å². The number of methoxy groups -OCH3 is 1. The van der Waals surface area contributed by atoms with E-state index in [1.54, 1.807) is 7.11 Å². The summed E-state index contributed by atoms with van der Waals surface area (Å²) in [4.78, 5) is 17.4. The van der Waals surface area contributed by atoms with Gasteiger partial charge < -0.3 is 25.0 Å². The van der Waals surface area contributed by atoms with Crippen LogP contribution in [-0.4, -0.2) is 44.9 Å². The number of para-hydroxylation sites is 1. The minimum atomic E-state index is -0.423. The summed E-state index contributed by atoms with van der Waals surface area (Å²) in [7, 11) is 1.66. The number of nitrogens with two attached hydrogens (primary N) is 1. The van der Waals surface area contributed by atoms with Crippen molar-refractivity contribution in [2.75, 3.05) is 48.8 Å². The van der Waals surface area contributed by atoms with Crippen LogP contribution < -0.4 is 20.3 Å². The van der Waals surface area contributed by atoms with Crippen LogP contribution in [0.3, 0.4) is 0 Å². The Kier molecular flexibility index (Phi) is 7.24. The van der Waals surface area contributed by atoms with Crippen molar-refractivity contribution >= 4 is 23.0 Å². The molecule has 0 amide bonds. The van der Waals surface area contributed by atoms with Gasteiger partial charge in [-0.3, -0.25) is 4.79 Å². The third kappa shape index (κ3) is 5.60. The number of rotatable bonds is 5. The summed E-state index contributed by atoms with van der Waals surface area (Å²) in [6.07, 6.45) is 3.91. The maximum absolute atomic E-state index is 12.5. The molecule has 2 heterocycles. The van der Waals surface area contributed by atoms with Gasteiger partial charge in [0, 0.05) is 43.6 Å². The van der Waals surface area contributed by atoms with Crippen LogP contribution in [0.5, 0.6) is 5.75 Å². The van der Waals surface area contributed by atoms with Gasteiger partial charge in [-0.2, -0.15) is 0 Å². The average Bonchev–Trinajstić information content (AvgIpc) is 2.83. The fraction of sp³-hybridized carbons (Fsp3) is 0.536. The molecule has 2 N–H and O–H groups in total. The van der Waals surface area contributed by atoms with E-state index < -0.39 is 5.60 Å². The number of carbonyl (C=O) groups excluding carboxylic acids is 1. The van der Waals surface area contributed by atoms with Crippen molar-refractivity contribution in [3.05, 3.63) is 48.0 Å². The summed E-state index contributed by atoms with van der Waals surface area (Å²) in [6.45, 7) is 9.61. The molecule has 34 heavy (non-hydrogen) atoms. The summed E-state index contributed by atoms with van der Waals surface area (Å²) < 4.78 is 11.0. The Labute approximate surface area is 204 Å². The SMILES string of the molecule is COc1cc(N2CCC(c3ccccc3N3CCC(C(=O)OC(C)(C)C)CC3)CC2)ccc1N. The van der Waals surface area contributed by atoms with Gasteiger partial charge in [0.25, 0.3) is 0 Å². The first kappa shape index (κ1) is 24.2. The summed E-state index contributed by atoms with van der Waals surface area (Å²) in [6, 6.07) is 14.9. The van der Waals surface area contributed by atoms with Gasteiger partial charge in [-0.15, -0.1) is 0 Å². The molecule has 0 spiro atoms. The molecule has 0 unspecified atom stereocenters. The minimum Gasteiger partial charge on any atom is -0.495 e. The van der Waals surface area contributed by atoms with Crippen molar-refractivity contribution in [1.82, 2.24) is 0 Å². The molecule has 0 bridgehead atoms. The first-order valence-corrected chi connectivity index (χ1v) is 12.5. The standard InChI is InChI=1S/C28H39N3O3/c1-28(2,3)34-27(32)21-13-17-31(18-14-21)25-8-6-5-7-23(25)20-11-15-30(16-12-20)22-9-10-24(29)26(19-22)33-4/h5-10,19-21H,11-18,29H2,1-4H3. The number of hydrogen-bond donors (Lipinski definition) is 1. The number of nitrogens with zero attached hydrogens (tertiary/aromatic N) is 2. The Hall–Kier alpha value is -2.89. The maximum Gasteiger partial charge on any atom is 0.309 e. The van der Waals surface area contributed by atoms with Crippen LogP contribution in [0.2, 0.25) is 0 Å². The third-order valence-corrected chi connectivity index (χ3v) is 7.03. The van der Waals surface area contributed by atoms with Crippen LogP contribution in [-0.2, 0) is 9.53 Å². The molecular formula is C28H39N3O3. The first-order valence-electron chi connectivity index (χ1n) is 12.5. The van der Waals surface area contributed by atoms with E-state index in [4.69, 9.17) is 15.2 Å². The average molecular weight is 466 g/mol. The lowest BCUT2D eigenvalue weighted by atomic mass is 9.87. The van der Waals surface area contributed by atoms with Crippen LogP contribution >= 0.6 is 0 Å². The van der Waals surface area contributed by atoms with Gasteiger partial charge in [-0.25, -0.2) is 0 Å². The van der Waals surface area contributed by atoms with Crippen molar-refractivity contribution in [1.29, 1.82) is 0 Å². The Morgan fingerprint density at radius 1 is 0.941 bits per heavy atom. The number of ether oxygens (including phenoxy) is 2. The quantitative estimate of drug-likeness (QED) is 0.482. The molecular weight excluding hydrogens is 426 g/mol. The van der Waals surface area contributed by atoms with Gasteiger partial charge in [-0.05, 0) is 76.1 Å². The molecule has 0 aliphatic carbocycles. The Morgan fingerprint density at radius 3 is 2.24 bits per heavy atom. The van der Waals surface area contributed by atoms with Crippen molar-refractivity contribution < 1.29 is 14.3 Å². The van der Waals surface area contributed by atoms with E-state index in [0.717, 1.165) is 57.6 Å². The minimum absolute atomic E-state index is 0.00257. The number of benzene rings is 2. The molecule has 6 heteroatoms. The molecule has 2 fully saturated rings. The zero-order valence-corrected chi connectivity index (χ0v) is 21.0. The molecule has 184 valence electrons. The van der Waals surface area contributed by atoms with Crippen molar-refractivity contribution in [2.45, 2.75) is 58.0 Å². The zero-order chi connectivity index (χ0) is 24.3. The summed E-state index contributed by atoms with van der Waals surface area (Å²) >= 11 is 0. The smallest absolute Gasteiger partial charge is 0.309 e. The number of carbonyl (C=O) groups is 1. The zero-order valence-electron chi connectivity index (χ0n) is 21.0. The summed E-state index contributed by atoms with van der Waals surface area (Å²) in [5.41, 5.74) is 10.2. The van der Waals surface area contributed by atoms with Gasteiger partial charge in [0.05, 0.1) is 18.7 Å². The van der Waals surface area contributed by atoms with E-state index in [0.29, 0.717) is 11.6 Å². The van der Waals surface area contributed by atoms with Gasteiger partial charge in [0.15, 0.2) is 0 Å². The molecule has 0 atom stereocenters. The molecule has 2 aromatic carbocycles. The Morgan fingerprint density at radius 2 is 1.59 bits per heavy atom. The Balaban J connectivity index is 1.39. The van der Waals surface area contributed by atoms with Crippen LogP contribution in [0.15, 0.2) is 42.5 Å². The van der Waals surface area contributed by atoms with Crippen LogP contribution in [0.1, 0.15) is 57.9 Å². The van der Waals surface area contributed by atoms with Crippen molar-refractivity contribution in [2.24, 2.45) is 5.92 Å². The maximum atomic E-state index is 12.5. The lowest BCUT2D eigenvalue weighted by Gasteiger charge is -2.38. The second-order valence-electron chi connectivity index (χ2n) is 10.5. The molecule has 0 radical (unpaired) electrons. The van der Waals surface area contributed by atoms with Crippen molar-refractivity contribution in [3.63, 3.8) is 0 Å². The molecule has 6 nitrogen and oxygen atoms in total. The number of piperidine rings is 2. The normalized spacial score (nSPS) is 18.1. The molecule has 2 saturated heterocycles. The predicted octanol–water partition coefficient (Wildman–Crippen LogP) is 5.22. The van der Waals surface area contributed by atoms with E-state index in [2.05, 4.69) is 40.1 Å². The van der Waals surface area contributed by atoms with Crippen LogP contribution in [0, 0.1) is 5.92 Å². The summed E-state index contributed by atoms with van der Waals surface area (Å²) in [5, 5.41) is 0. The van der Waals surface area contributed by atoms with Gasteiger partial charge in [0.1, 0.15) is 11.4 Å². The van der Waals surface area contributed by atoms with E-state index in [1.165, 1.54) is 16.9 Å². The highest BCUT2D eigenvalue weighted by atomic mass is 16.6. The summed E-state index contributed by atoms with van der Waals surface area (Å²) in [5.74, 6) is 1.22. The molecule has 0 saturated carbocycles. The lowest BCUT2D eigenvalue weighted by Crippen LogP contribution is -2.39. The molecule has 4 rings (SSSR count). The number of nitrogen functional groups attached to an aromatic ring is 1. The second kappa shape index (κ2) is 10.2. The highest BCUT2D eigenvalue weighted by Gasteiger charge is 2.31. The fourth-order valence-electron chi connectivity index (χ4n) is 5.21. The monoisotopic (exact) mass is 465 g/mol. The molecule has 2 aliphatic rings. The lowest BCUT2D eigenvalue weighted by molar-refractivity contribution is -0.160. The van der Waals surface area contributed by atoms with E-state index in [9.17, 15) is 4.79 Å². The highest BCUT2D eigenvalue weighted by Crippen LogP contribution is 2.38. The third-order valence-electron chi connectivity index (χ3n) is 7.03. The molecule has 2 aliphatic heterocycles. The fourth-order valence-corrected chi connectivity index (χ4v) is 5.21. The highest BCUT2D eigenvalue weighted by molar-refractivity contribution is 5.73. The number of esters is 1. The topological polar surface area (TPSA) is 68.0 Å². The first-order chi connectivity index (χ1) is 16.2. The van der Waals surface area contributed by atoms with E-state index in [-0.39, 0.29) is 11.9 Å². The largest absolute Gasteiger partial charge is 0.495 e. The van der Waals surface area contributed by atoms with E-state index in [1.807, 2.05) is 32.9 Å². The van der Waals surface area contributed by atoms with Gasteiger partial charge in [0.2, 0.25) is 0 Å². The van der Waals surface area contributed by atoms with E-state index >= 15 is 0 Å². The van der Waals surface area contributed by atoms with Crippen LogP contribution in [0.25, 0.3) is 0 Å². The van der Waals surface area contributed by atoms with Crippen molar-refractivity contribution in [3.8, 4) is 5.75 Å². The second-order valence-corrected chi connectivity index (χ2v) is 10.5. The van der Waals surface area contributed by atoms with Crippen LogP contribution in [0.4, 0.5) is 17.1 Å². The number of anilines is 3. The van der Waals surface area contributed by atoms with Gasteiger partial charge in [-0.1, -0.05) is 18.2 Å². The molecule has 2 aromatic rings. The Bertz CT molecular complexity index is 985. The number of hydrogen-bond acceptors (Lipinski definition) is 6.